The molecule has 0 aromatic heterocycles. The van der Waals surface area contributed by atoms with Crippen molar-refractivity contribution >= 4 is 16.0 Å². The molecule has 0 fully saturated rings. The Bertz CT molecular complexity index is 651. The van der Waals surface area contributed by atoms with Gasteiger partial charge in [0.15, 0.2) is 0 Å². The molecule has 0 radical (unpaired) electrons. The van der Waals surface area contributed by atoms with Gasteiger partial charge < -0.3 is 14.9 Å². The fourth-order valence-electron chi connectivity index (χ4n) is 1.94. The van der Waals surface area contributed by atoms with Crippen molar-refractivity contribution in [2.45, 2.75) is 31.2 Å². The van der Waals surface area contributed by atoms with E-state index < -0.39 is 32.8 Å². The number of hydrogen-bond acceptors (Lipinski definition) is 5. The van der Waals surface area contributed by atoms with Crippen molar-refractivity contribution in [3.05, 3.63) is 23.3 Å². The largest absolute Gasteiger partial charge is 0.507 e. The molecule has 0 saturated heterocycles. The highest BCUT2D eigenvalue weighted by Gasteiger charge is 2.28. The average molecular weight is 317 g/mol. The number of nitrogens with one attached hydrogen (secondary N) is 1. The molecule has 0 amide bonds. The molecule has 0 aliphatic carbocycles. The van der Waals surface area contributed by atoms with Crippen LogP contribution in [0.1, 0.15) is 29.8 Å². The number of phenols is 1. The number of aryl methyl sites for hydroxylation is 1. The van der Waals surface area contributed by atoms with Gasteiger partial charge in [-0.1, -0.05) is 0 Å². The fourth-order valence-corrected chi connectivity index (χ4v) is 3.59. The third-order valence-electron chi connectivity index (χ3n) is 2.73. The summed E-state index contributed by atoms with van der Waals surface area (Å²) in [6.45, 7) is 4.90. The first-order valence-corrected chi connectivity index (χ1v) is 7.58. The minimum absolute atomic E-state index is 0.148. The smallest absolute Gasteiger partial charge is 0.339 e. The van der Waals surface area contributed by atoms with Gasteiger partial charge in [0.25, 0.3) is 0 Å². The topological polar surface area (TPSA) is 113 Å². The van der Waals surface area contributed by atoms with Crippen molar-refractivity contribution < 1.29 is 28.2 Å². The van der Waals surface area contributed by atoms with Gasteiger partial charge in [-0.15, -0.1) is 0 Å². The zero-order valence-electron chi connectivity index (χ0n) is 12.3. The van der Waals surface area contributed by atoms with Crippen molar-refractivity contribution in [1.82, 2.24) is 4.72 Å². The lowest BCUT2D eigenvalue weighted by atomic mass is 10.1. The summed E-state index contributed by atoms with van der Waals surface area (Å²) in [4.78, 5) is 10.8. The molecule has 1 aromatic rings. The van der Waals surface area contributed by atoms with Crippen LogP contribution in [0.15, 0.2) is 17.0 Å². The highest BCUT2D eigenvalue weighted by Crippen LogP contribution is 2.26. The van der Waals surface area contributed by atoms with Crippen LogP contribution in [0, 0.1) is 6.92 Å². The van der Waals surface area contributed by atoms with Crippen LogP contribution in [0.4, 0.5) is 0 Å². The molecular weight excluding hydrogens is 298 g/mol. The normalized spacial score (nSPS) is 12.4. The molecule has 7 nitrogen and oxygen atoms in total. The number of carboxylic acids is 1. The first-order valence-electron chi connectivity index (χ1n) is 6.10. The average Bonchev–Trinajstić information content (AvgIpc) is 2.25. The Balaban J connectivity index is 3.32. The highest BCUT2D eigenvalue weighted by molar-refractivity contribution is 7.89. The van der Waals surface area contributed by atoms with Crippen LogP contribution in [-0.2, 0) is 14.8 Å². The molecule has 118 valence electrons. The van der Waals surface area contributed by atoms with E-state index in [4.69, 9.17) is 9.84 Å². The van der Waals surface area contributed by atoms with Crippen molar-refractivity contribution in [2.24, 2.45) is 0 Å². The van der Waals surface area contributed by atoms with Crippen molar-refractivity contribution in [3.63, 3.8) is 0 Å². The Labute approximate surface area is 123 Å². The number of sulfonamides is 1. The first kappa shape index (κ1) is 17.4. The summed E-state index contributed by atoms with van der Waals surface area (Å²) in [6, 6.07) is 2.06. The Morgan fingerprint density at radius 2 is 1.95 bits per heavy atom. The summed E-state index contributed by atoms with van der Waals surface area (Å²) in [5, 5.41) is 18.5. The molecule has 0 heterocycles. The number of methoxy groups -OCH3 is 1. The van der Waals surface area contributed by atoms with E-state index in [1.54, 1.807) is 13.8 Å². The highest BCUT2D eigenvalue weighted by atomic mass is 32.2. The fraction of sp³-hybridized carbons (Fsp3) is 0.462. The van der Waals surface area contributed by atoms with Crippen LogP contribution in [0.25, 0.3) is 0 Å². The number of aromatic carboxylic acids is 1. The van der Waals surface area contributed by atoms with E-state index in [1.165, 1.54) is 14.0 Å². The van der Waals surface area contributed by atoms with Gasteiger partial charge in [0.1, 0.15) is 11.3 Å². The molecular formula is C13H19NO6S. The molecule has 0 spiro atoms. The van der Waals surface area contributed by atoms with E-state index in [0.29, 0.717) is 0 Å². The molecule has 0 saturated carbocycles. The Morgan fingerprint density at radius 3 is 2.43 bits per heavy atom. The summed E-state index contributed by atoms with van der Waals surface area (Å²) in [6.07, 6.45) is 0. The van der Waals surface area contributed by atoms with Crippen LogP contribution in [0.5, 0.6) is 5.75 Å². The van der Waals surface area contributed by atoms with E-state index >= 15 is 0 Å². The number of benzene rings is 1. The molecule has 3 N–H and O–H groups in total. The van der Waals surface area contributed by atoms with Crippen molar-refractivity contribution in [1.29, 1.82) is 0 Å². The molecule has 8 heteroatoms. The Morgan fingerprint density at radius 1 is 1.38 bits per heavy atom. The van der Waals surface area contributed by atoms with E-state index in [1.807, 2.05) is 0 Å². The predicted octanol–water partition coefficient (Wildman–Crippen LogP) is 1.10. The van der Waals surface area contributed by atoms with Gasteiger partial charge in [0, 0.05) is 7.11 Å². The van der Waals surface area contributed by atoms with E-state index in [-0.39, 0.29) is 17.1 Å². The standard InChI is InChI=1S/C13H19NO6S/c1-8-5-10(15)9(12(16)17)6-11(8)21(18,19)14-13(2,3)7-20-4/h5-6,14-15H,7H2,1-4H3,(H,16,17). The third kappa shape index (κ3) is 4.16. The lowest BCUT2D eigenvalue weighted by molar-refractivity contribution is 0.0693. The summed E-state index contributed by atoms with van der Waals surface area (Å²) < 4.78 is 32.2. The Kier molecular flexibility index (Phi) is 4.98. The summed E-state index contributed by atoms with van der Waals surface area (Å²) in [7, 11) is -2.50. The summed E-state index contributed by atoms with van der Waals surface area (Å²) in [5.41, 5.74) is -1.08. The number of carboxylic acid groups (broad SMARTS) is 1. The van der Waals surface area contributed by atoms with Gasteiger partial charge in [-0.05, 0) is 38.5 Å². The summed E-state index contributed by atoms with van der Waals surface area (Å²) in [5.74, 6) is -1.88. The number of carbonyl (C=O) groups is 1. The van der Waals surface area contributed by atoms with E-state index in [9.17, 15) is 18.3 Å². The maximum Gasteiger partial charge on any atom is 0.339 e. The number of ether oxygens (including phenoxy) is 1. The lowest BCUT2D eigenvalue weighted by Crippen LogP contribution is -2.46. The van der Waals surface area contributed by atoms with Gasteiger partial charge in [-0.2, -0.15) is 0 Å². The van der Waals surface area contributed by atoms with Crippen LogP contribution in [-0.4, -0.2) is 43.9 Å². The molecule has 0 bridgehead atoms. The number of aromatic hydroxyl groups is 1. The zero-order chi connectivity index (χ0) is 16.4. The first-order chi connectivity index (χ1) is 9.50. The predicted molar refractivity (Wildman–Crippen MR) is 76.1 cm³/mol. The molecule has 0 unspecified atom stereocenters. The van der Waals surface area contributed by atoms with Gasteiger partial charge in [-0.3, -0.25) is 0 Å². The molecule has 0 aliphatic heterocycles. The second-order valence-corrected chi connectivity index (χ2v) is 7.01. The van der Waals surface area contributed by atoms with Crippen LogP contribution >= 0.6 is 0 Å². The van der Waals surface area contributed by atoms with E-state index in [2.05, 4.69) is 4.72 Å². The molecule has 21 heavy (non-hydrogen) atoms. The second-order valence-electron chi connectivity index (χ2n) is 5.36. The van der Waals surface area contributed by atoms with Crippen LogP contribution < -0.4 is 4.72 Å². The monoisotopic (exact) mass is 317 g/mol. The Hall–Kier alpha value is -1.64. The SMILES string of the molecule is COCC(C)(C)NS(=O)(=O)c1cc(C(=O)O)c(O)cc1C. The third-order valence-corrected chi connectivity index (χ3v) is 4.57. The zero-order valence-corrected chi connectivity index (χ0v) is 13.1. The van der Waals surface area contributed by atoms with E-state index in [0.717, 1.165) is 12.1 Å². The second kappa shape index (κ2) is 6.00. The number of rotatable bonds is 6. The van der Waals surface area contributed by atoms with Gasteiger partial charge in [0.05, 0.1) is 17.0 Å². The van der Waals surface area contributed by atoms with Crippen molar-refractivity contribution in [3.8, 4) is 5.75 Å². The molecule has 1 aromatic carbocycles. The number of hydrogen-bond donors (Lipinski definition) is 3. The van der Waals surface area contributed by atoms with Crippen LogP contribution in [0.2, 0.25) is 0 Å². The maximum absolute atomic E-state index is 12.4. The minimum atomic E-state index is -3.95. The minimum Gasteiger partial charge on any atom is -0.507 e. The molecule has 0 aliphatic rings. The van der Waals surface area contributed by atoms with Crippen molar-refractivity contribution in [2.75, 3.05) is 13.7 Å². The molecule has 0 atom stereocenters. The van der Waals surface area contributed by atoms with Gasteiger partial charge in [0.2, 0.25) is 10.0 Å². The van der Waals surface area contributed by atoms with Gasteiger partial charge in [-0.25, -0.2) is 17.9 Å². The molecule has 1 rings (SSSR count). The van der Waals surface area contributed by atoms with Gasteiger partial charge >= 0.3 is 5.97 Å². The van der Waals surface area contributed by atoms with Crippen LogP contribution in [0.3, 0.4) is 0 Å². The quantitative estimate of drug-likeness (QED) is 0.724. The summed E-state index contributed by atoms with van der Waals surface area (Å²) >= 11 is 0. The lowest BCUT2D eigenvalue weighted by Gasteiger charge is -2.25. The maximum atomic E-state index is 12.4.